The molecule has 0 bridgehead atoms. The number of esters is 1. The monoisotopic (exact) mass is 424 g/mol. The Labute approximate surface area is 182 Å². The number of amides is 2. The third-order valence-electron chi connectivity index (χ3n) is 4.84. The molecule has 0 radical (unpaired) electrons. The number of nitrogens with zero attached hydrogens (tertiary/aromatic N) is 2. The Morgan fingerprint density at radius 1 is 1.13 bits per heavy atom. The molecule has 8 nitrogen and oxygen atoms in total. The average Bonchev–Trinajstić information content (AvgIpc) is 2.98. The van der Waals surface area contributed by atoms with Crippen molar-refractivity contribution in [3.05, 3.63) is 47.2 Å². The van der Waals surface area contributed by atoms with Gasteiger partial charge in [-0.1, -0.05) is 32.0 Å². The van der Waals surface area contributed by atoms with Crippen molar-refractivity contribution in [3.8, 4) is 11.8 Å². The van der Waals surface area contributed by atoms with Crippen LogP contribution in [0.25, 0.3) is 5.69 Å². The lowest BCUT2D eigenvalue weighted by molar-refractivity contribution is -0.147. The van der Waals surface area contributed by atoms with Gasteiger partial charge in [0.15, 0.2) is 6.61 Å². The molecule has 0 fully saturated rings. The van der Waals surface area contributed by atoms with Crippen LogP contribution in [0.5, 0.6) is 0 Å². The Morgan fingerprint density at radius 3 is 2.42 bits per heavy atom. The second-order valence-corrected chi connectivity index (χ2v) is 7.63. The second kappa shape index (κ2) is 11.0. The van der Waals surface area contributed by atoms with E-state index in [1.807, 2.05) is 58.0 Å². The van der Waals surface area contributed by atoms with Gasteiger partial charge in [0.05, 0.1) is 5.56 Å². The van der Waals surface area contributed by atoms with Crippen LogP contribution in [0.4, 0.5) is 5.82 Å². The molecule has 2 amide bonds. The Hall–Kier alpha value is -3.60. The topological polar surface area (TPSA) is 113 Å². The van der Waals surface area contributed by atoms with Crippen LogP contribution >= 0.6 is 0 Å². The Kier molecular flexibility index (Phi) is 8.38. The average molecular weight is 425 g/mol. The number of hydrogen-bond acceptors (Lipinski definition) is 5. The molecule has 31 heavy (non-hydrogen) atoms. The largest absolute Gasteiger partial charge is 0.454 e. The summed E-state index contributed by atoms with van der Waals surface area (Å²) in [5.41, 5.74) is 2.71. The number of nitriles is 1. The van der Waals surface area contributed by atoms with Crippen LogP contribution in [0.2, 0.25) is 0 Å². The summed E-state index contributed by atoms with van der Waals surface area (Å²) in [4.78, 5) is 35.9. The Morgan fingerprint density at radius 2 is 1.81 bits per heavy atom. The molecule has 2 aromatic rings. The molecule has 0 spiro atoms. The molecular formula is C23H28N4O4. The zero-order valence-corrected chi connectivity index (χ0v) is 18.3. The molecule has 1 heterocycles. The molecule has 2 N–H and O–H groups in total. The van der Waals surface area contributed by atoms with E-state index in [2.05, 4.69) is 16.7 Å². The number of anilines is 1. The van der Waals surface area contributed by atoms with E-state index in [0.717, 1.165) is 23.4 Å². The lowest BCUT2D eigenvalue weighted by Gasteiger charge is -2.13. The fourth-order valence-electron chi connectivity index (χ4n) is 3.00. The molecule has 0 atom stereocenters. The van der Waals surface area contributed by atoms with Gasteiger partial charge in [0.1, 0.15) is 18.4 Å². The van der Waals surface area contributed by atoms with Crippen molar-refractivity contribution in [1.29, 1.82) is 5.26 Å². The molecular weight excluding hydrogens is 396 g/mol. The smallest absolute Gasteiger partial charge is 0.325 e. The summed E-state index contributed by atoms with van der Waals surface area (Å²) in [5.74, 6) is -0.807. The molecule has 1 aromatic heterocycles. The van der Waals surface area contributed by atoms with Gasteiger partial charge in [0.2, 0.25) is 5.91 Å². The van der Waals surface area contributed by atoms with Gasteiger partial charge >= 0.3 is 5.97 Å². The van der Waals surface area contributed by atoms with Gasteiger partial charge in [0, 0.05) is 17.8 Å². The molecule has 0 aliphatic rings. The highest BCUT2D eigenvalue weighted by atomic mass is 16.5. The highest BCUT2D eigenvalue weighted by Gasteiger charge is 2.21. The van der Waals surface area contributed by atoms with Crippen LogP contribution in [0.3, 0.4) is 0 Å². The Balaban J connectivity index is 2.00. The predicted molar refractivity (Wildman–Crippen MR) is 117 cm³/mol. The van der Waals surface area contributed by atoms with Gasteiger partial charge in [-0.3, -0.25) is 19.0 Å². The van der Waals surface area contributed by atoms with Crippen molar-refractivity contribution >= 4 is 23.6 Å². The summed E-state index contributed by atoms with van der Waals surface area (Å²) in [6.45, 7) is 6.87. The normalized spacial score (nSPS) is 10.5. The van der Waals surface area contributed by atoms with Crippen LogP contribution in [0.15, 0.2) is 30.3 Å². The van der Waals surface area contributed by atoms with E-state index in [0.29, 0.717) is 23.7 Å². The van der Waals surface area contributed by atoms with Crippen LogP contribution in [0, 0.1) is 31.1 Å². The first-order chi connectivity index (χ1) is 14.7. The molecule has 164 valence electrons. The zero-order chi connectivity index (χ0) is 23.0. The first kappa shape index (κ1) is 23.7. The van der Waals surface area contributed by atoms with Gasteiger partial charge in [-0.25, -0.2) is 0 Å². The van der Waals surface area contributed by atoms with Crippen molar-refractivity contribution < 1.29 is 19.1 Å². The maximum Gasteiger partial charge on any atom is 0.325 e. The molecule has 0 saturated heterocycles. The van der Waals surface area contributed by atoms with E-state index in [1.54, 1.807) is 4.57 Å². The lowest BCUT2D eigenvalue weighted by Crippen LogP contribution is -2.32. The Bertz CT molecular complexity index is 987. The zero-order valence-electron chi connectivity index (χ0n) is 18.3. The van der Waals surface area contributed by atoms with Gasteiger partial charge < -0.3 is 15.4 Å². The van der Waals surface area contributed by atoms with Crippen molar-refractivity contribution in [2.75, 3.05) is 18.5 Å². The van der Waals surface area contributed by atoms with Crippen LogP contribution in [0.1, 0.15) is 43.5 Å². The van der Waals surface area contributed by atoms with E-state index >= 15 is 0 Å². The first-order valence-corrected chi connectivity index (χ1v) is 10.1. The highest BCUT2D eigenvalue weighted by molar-refractivity contribution is 5.94. The van der Waals surface area contributed by atoms with E-state index in [4.69, 9.17) is 4.74 Å². The number of ether oxygens (including phenoxy) is 1. The summed E-state index contributed by atoms with van der Waals surface area (Å²) in [6.07, 6.45) is 1.06. The summed E-state index contributed by atoms with van der Waals surface area (Å²) in [5, 5.41) is 14.7. The van der Waals surface area contributed by atoms with E-state index in [-0.39, 0.29) is 12.5 Å². The fourth-order valence-corrected chi connectivity index (χ4v) is 3.00. The summed E-state index contributed by atoms with van der Waals surface area (Å²) < 4.78 is 6.73. The number of para-hydroxylation sites is 1. The number of aromatic nitrogens is 1. The van der Waals surface area contributed by atoms with E-state index in [1.165, 1.54) is 0 Å². The minimum absolute atomic E-state index is 0.236. The molecule has 0 aliphatic carbocycles. The van der Waals surface area contributed by atoms with Crippen molar-refractivity contribution in [2.45, 2.75) is 40.5 Å². The van der Waals surface area contributed by atoms with Gasteiger partial charge in [-0.15, -0.1) is 0 Å². The first-order valence-electron chi connectivity index (χ1n) is 10.1. The standard InChI is InChI=1S/C23H28N4O4/c1-15(2)10-11-20(28)25-13-22(30)31-14-21(29)26-23-19(12-24)16(3)17(4)27(23)18-8-6-5-7-9-18/h5-9,15H,10-11,13-14H2,1-4H3,(H,25,28)(H,26,29). The number of rotatable bonds is 9. The third kappa shape index (κ3) is 6.44. The van der Waals surface area contributed by atoms with Crippen LogP contribution in [-0.4, -0.2) is 35.5 Å². The number of nitrogens with one attached hydrogen (secondary N) is 2. The number of carbonyl (C=O) groups is 3. The van der Waals surface area contributed by atoms with Crippen molar-refractivity contribution in [3.63, 3.8) is 0 Å². The lowest BCUT2D eigenvalue weighted by atomic mass is 10.1. The quantitative estimate of drug-likeness (QED) is 0.601. The number of benzene rings is 1. The SMILES string of the molecule is Cc1c(C#N)c(NC(=O)COC(=O)CNC(=O)CCC(C)C)n(-c2ccccc2)c1C. The molecule has 2 rings (SSSR count). The molecule has 8 heteroatoms. The van der Waals surface area contributed by atoms with Crippen LogP contribution < -0.4 is 10.6 Å². The van der Waals surface area contributed by atoms with Crippen molar-refractivity contribution in [2.24, 2.45) is 5.92 Å². The summed E-state index contributed by atoms with van der Waals surface area (Å²) in [7, 11) is 0. The molecule has 0 saturated carbocycles. The maximum atomic E-state index is 12.4. The fraction of sp³-hybridized carbons (Fsp3) is 0.391. The molecule has 1 aromatic carbocycles. The van der Waals surface area contributed by atoms with E-state index in [9.17, 15) is 19.6 Å². The van der Waals surface area contributed by atoms with E-state index < -0.39 is 18.5 Å². The van der Waals surface area contributed by atoms with Crippen molar-refractivity contribution in [1.82, 2.24) is 9.88 Å². The minimum Gasteiger partial charge on any atom is -0.454 e. The van der Waals surface area contributed by atoms with Crippen LogP contribution in [-0.2, 0) is 19.1 Å². The van der Waals surface area contributed by atoms with Gasteiger partial charge in [-0.05, 0) is 43.9 Å². The third-order valence-corrected chi connectivity index (χ3v) is 4.84. The van der Waals surface area contributed by atoms with Gasteiger partial charge in [0.25, 0.3) is 5.91 Å². The summed E-state index contributed by atoms with van der Waals surface area (Å²) in [6, 6.07) is 11.5. The molecule has 0 aliphatic heterocycles. The number of hydrogen-bond donors (Lipinski definition) is 2. The number of carbonyl (C=O) groups excluding carboxylic acids is 3. The minimum atomic E-state index is -0.709. The molecule has 0 unspecified atom stereocenters. The summed E-state index contributed by atoms with van der Waals surface area (Å²) >= 11 is 0. The highest BCUT2D eigenvalue weighted by Crippen LogP contribution is 2.29. The second-order valence-electron chi connectivity index (χ2n) is 7.63. The van der Waals surface area contributed by atoms with Gasteiger partial charge in [-0.2, -0.15) is 5.26 Å². The predicted octanol–water partition coefficient (Wildman–Crippen LogP) is 3.00. The maximum absolute atomic E-state index is 12.4.